The van der Waals surface area contributed by atoms with Crippen LogP contribution < -0.4 is 0 Å². The van der Waals surface area contributed by atoms with Gasteiger partial charge in [-0.2, -0.15) is 0 Å². The molecule has 3 aromatic rings. The van der Waals surface area contributed by atoms with E-state index in [9.17, 15) is 4.79 Å². The molecule has 1 aromatic carbocycles. The maximum atomic E-state index is 12.3. The monoisotopic (exact) mass is 270 g/mol. The Morgan fingerprint density at radius 2 is 2.11 bits per heavy atom. The van der Waals surface area contributed by atoms with E-state index in [1.165, 1.54) is 4.63 Å². The molecule has 0 atom stereocenters. The molecule has 1 aliphatic rings. The van der Waals surface area contributed by atoms with Crippen molar-refractivity contribution in [3.63, 3.8) is 0 Å². The normalized spacial score (nSPS) is 12.8. The van der Waals surface area contributed by atoms with Gasteiger partial charge in [-0.3, -0.25) is 4.79 Å². The van der Waals surface area contributed by atoms with Gasteiger partial charge < -0.3 is 0 Å². The number of benzene rings is 1. The number of ketones is 1. The predicted octanol–water partition coefficient (Wildman–Crippen LogP) is 0.848. The fourth-order valence-electron chi connectivity index (χ4n) is 2.12. The molecule has 2 aromatic heterocycles. The van der Waals surface area contributed by atoms with Crippen molar-refractivity contribution in [3.05, 3.63) is 29.5 Å². The van der Waals surface area contributed by atoms with Crippen LogP contribution in [-0.2, 0) is 0 Å². The maximum Gasteiger partial charge on any atom is 0.292 e. The third-order valence-electron chi connectivity index (χ3n) is 3.01. The second kappa shape index (κ2) is 3.58. The molecule has 92 valence electrons. The number of hydrogen-bond donors (Lipinski definition) is 0. The van der Waals surface area contributed by atoms with Gasteiger partial charge in [0.1, 0.15) is 11.4 Å². The van der Waals surface area contributed by atoms with Gasteiger partial charge in [-0.15, -0.1) is 16.9 Å². The molecule has 8 heteroatoms. The Hall–Kier alpha value is -2.35. The van der Waals surface area contributed by atoms with E-state index in [1.54, 1.807) is 11.8 Å². The molecular formula is C11H6N6OS. The number of hydrogen-bond acceptors (Lipinski definition) is 7. The Morgan fingerprint density at radius 3 is 2.95 bits per heavy atom. The minimum absolute atomic E-state index is 0.126. The van der Waals surface area contributed by atoms with Gasteiger partial charge in [0.05, 0.1) is 0 Å². The lowest BCUT2D eigenvalue weighted by atomic mass is 10.1. The predicted molar refractivity (Wildman–Crippen MR) is 67.0 cm³/mol. The molecule has 0 amide bonds. The first kappa shape index (κ1) is 10.6. The summed E-state index contributed by atoms with van der Waals surface area (Å²) < 4.78 is 1.23. The number of tetrazole rings is 1. The van der Waals surface area contributed by atoms with Crippen LogP contribution in [0.25, 0.3) is 17.0 Å². The van der Waals surface area contributed by atoms with Crippen molar-refractivity contribution in [1.82, 2.24) is 30.2 Å². The Morgan fingerprint density at radius 1 is 1.21 bits per heavy atom. The third-order valence-corrected chi connectivity index (χ3v) is 3.74. The van der Waals surface area contributed by atoms with Crippen molar-refractivity contribution >= 4 is 23.3 Å². The second-order valence-electron chi connectivity index (χ2n) is 4.02. The molecule has 0 spiro atoms. The van der Waals surface area contributed by atoms with E-state index in [0.29, 0.717) is 17.0 Å². The summed E-state index contributed by atoms with van der Waals surface area (Å²) in [7, 11) is 0. The van der Waals surface area contributed by atoms with Crippen LogP contribution in [0.3, 0.4) is 0 Å². The molecule has 0 saturated heterocycles. The first-order valence-electron chi connectivity index (χ1n) is 5.47. The van der Waals surface area contributed by atoms with Gasteiger partial charge in [-0.1, -0.05) is 15.8 Å². The summed E-state index contributed by atoms with van der Waals surface area (Å²) in [6, 6.07) is 5.70. The van der Waals surface area contributed by atoms with Gasteiger partial charge in [0.2, 0.25) is 5.78 Å². The highest BCUT2D eigenvalue weighted by molar-refractivity contribution is 7.98. The summed E-state index contributed by atoms with van der Waals surface area (Å²) >= 11 is 1.59. The van der Waals surface area contributed by atoms with Crippen molar-refractivity contribution in [3.8, 4) is 11.3 Å². The van der Waals surface area contributed by atoms with Crippen molar-refractivity contribution in [2.75, 3.05) is 6.26 Å². The van der Waals surface area contributed by atoms with E-state index in [2.05, 4.69) is 25.6 Å². The SMILES string of the molecule is CSc1ccc2c(c1)C(=O)c1nc3nnnn3nc1-2. The summed E-state index contributed by atoms with van der Waals surface area (Å²) in [4.78, 5) is 17.5. The summed E-state index contributed by atoms with van der Waals surface area (Å²) in [5.41, 5.74) is 2.26. The summed E-state index contributed by atoms with van der Waals surface area (Å²) in [5, 5.41) is 15.1. The van der Waals surface area contributed by atoms with Crippen molar-refractivity contribution < 1.29 is 4.79 Å². The molecule has 4 rings (SSSR count). The minimum Gasteiger partial charge on any atom is -0.287 e. The van der Waals surface area contributed by atoms with Crippen LogP contribution in [0.2, 0.25) is 0 Å². The summed E-state index contributed by atoms with van der Waals surface area (Å²) in [5.74, 6) is 0.101. The van der Waals surface area contributed by atoms with Crippen molar-refractivity contribution in [1.29, 1.82) is 0 Å². The van der Waals surface area contributed by atoms with Gasteiger partial charge >= 0.3 is 0 Å². The molecule has 7 nitrogen and oxygen atoms in total. The standard InChI is InChI=1S/C11H6N6OS/c1-19-5-2-3-6-7(4-5)10(18)9-8(6)14-17-11(12-9)13-15-16-17/h2-4H,1H3. The molecule has 0 fully saturated rings. The fourth-order valence-corrected chi connectivity index (χ4v) is 2.56. The van der Waals surface area contributed by atoms with Gasteiger partial charge in [0, 0.05) is 16.0 Å². The number of thioether (sulfide) groups is 1. The van der Waals surface area contributed by atoms with E-state index in [1.807, 2.05) is 24.5 Å². The molecule has 0 saturated carbocycles. The molecule has 0 radical (unpaired) electrons. The maximum absolute atomic E-state index is 12.3. The van der Waals surface area contributed by atoms with Gasteiger partial charge in [-0.25, -0.2) is 4.98 Å². The molecule has 19 heavy (non-hydrogen) atoms. The van der Waals surface area contributed by atoms with E-state index in [-0.39, 0.29) is 11.6 Å². The minimum atomic E-state index is -0.126. The van der Waals surface area contributed by atoms with Gasteiger partial charge in [0.25, 0.3) is 5.78 Å². The largest absolute Gasteiger partial charge is 0.292 e. The third kappa shape index (κ3) is 1.34. The lowest BCUT2D eigenvalue weighted by Gasteiger charge is -2.00. The topological polar surface area (TPSA) is 85.9 Å². The summed E-state index contributed by atoms with van der Waals surface area (Å²) in [6.07, 6.45) is 1.97. The van der Waals surface area contributed by atoms with Gasteiger partial charge in [0.15, 0.2) is 0 Å². The first-order valence-corrected chi connectivity index (χ1v) is 6.70. The highest BCUT2D eigenvalue weighted by Crippen LogP contribution is 2.35. The Kier molecular flexibility index (Phi) is 1.99. The number of aromatic nitrogens is 6. The number of carbonyl (C=O) groups excluding carboxylic acids is 1. The number of nitrogens with zero attached hydrogens (tertiary/aromatic N) is 6. The lowest BCUT2D eigenvalue weighted by Crippen LogP contribution is -2.04. The molecule has 0 aliphatic heterocycles. The van der Waals surface area contributed by atoms with Crippen LogP contribution in [0.4, 0.5) is 0 Å². The number of carbonyl (C=O) groups is 1. The van der Waals surface area contributed by atoms with Gasteiger partial charge in [-0.05, 0) is 28.8 Å². The van der Waals surface area contributed by atoms with Crippen molar-refractivity contribution in [2.24, 2.45) is 0 Å². The average molecular weight is 270 g/mol. The van der Waals surface area contributed by atoms with Crippen molar-refractivity contribution in [2.45, 2.75) is 4.90 Å². The molecule has 2 heterocycles. The zero-order chi connectivity index (χ0) is 13.0. The Labute approximate surface area is 111 Å². The Balaban J connectivity index is 2.04. The zero-order valence-corrected chi connectivity index (χ0v) is 10.5. The van der Waals surface area contributed by atoms with Crippen LogP contribution in [0.5, 0.6) is 0 Å². The van der Waals surface area contributed by atoms with Crippen LogP contribution in [0, 0.1) is 0 Å². The van der Waals surface area contributed by atoms with E-state index in [0.717, 1.165) is 10.5 Å². The smallest absolute Gasteiger partial charge is 0.287 e. The number of rotatable bonds is 1. The summed E-state index contributed by atoms with van der Waals surface area (Å²) in [6.45, 7) is 0. The lowest BCUT2D eigenvalue weighted by molar-refractivity contribution is 0.103. The highest BCUT2D eigenvalue weighted by atomic mass is 32.2. The molecule has 1 aliphatic carbocycles. The van der Waals surface area contributed by atoms with E-state index < -0.39 is 0 Å². The first-order chi connectivity index (χ1) is 9.28. The zero-order valence-electron chi connectivity index (χ0n) is 9.73. The number of fused-ring (bicyclic) bond motifs is 4. The van der Waals surface area contributed by atoms with E-state index in [4.69, 9.17) is 0 Å². The quantitative estimate of drug-likeness (QED) is 0.474. The second-order valence-corrected chi connectivity index (χ2v) is 4.90. The van der Waals surface area contributed by atoms with E-state index >= 15 is 0 Å². The molecular weight excluding hydrogens is 264 g/mol. The average Bonchev–Trinajstić information content (AvgIpc) is 3.00. The van der Waals surface area contributed by atoms with Crippen LogP contribution in [0.15, 0.2) is 23.1 Å². The van der Waals surface area contributed by atoms with Crippen LogP contribution >= 0.6 is 11.8 Å². The molecule has 0 N–H and O–H groups in total. The van der Waals surface area contributed by atoms with Crippen LogP contribution in [-0.4, -0.2) is 42.3 Å². The van der Waals surface area contributed by atoms with Crippen LogP contribution in [0.1, 0.15) is 16.1 Å². The molecule has 0 bridgehead atoms. The fraction of sp³-hybridized carbons (Fsp3) is 0.0909. The highest BCUT2D eigenvalue weighted by Gasteiger charge is 2.31. The Bertz CT molecular complexity index is 842. The molecule has 0 unspecified atom stereocenters.